The molecule has 1 aliphatic rings. The number of nitrogens with zero attached hydrogens (tertiary/aromatic N) is 4. The van der Waals surface area contributed by atoms with Crippen LogP contribution in [0.4, 0.5) is 21.6 Å². The van der Waals surface area contributed by atoms with Gasteiger partial charge in [0.05, 0.1) is 0 Å². The zero-order chi connectivity index (χ0) is 27.6. The number of rotatable bonds is 6. The van der Waals surface area contributed by atoms with Crippen LogP contribution in [-0.2, 0) is 4.79 Å². The lowest BCUT2D eigenvalue weighted by atomic mass is 10.0. The van der Waals surface area contributed by atoms with Gasteiger partial charge in [0, 0.05) is 60.5 Å². The van der Waals surface area contributed by atoms with Crippen molar-refractivity contribution in [2.24, 2.45) is 0 Å². The maximum absolute atomic E-state index is 14.1. The van der Waals surface area contributed by atoms with Crippen molar-refractivity contribution < 1.29 is 14.0 Å². The molecule has 1 amide bonds. The largest absolute Gasteiger partial charge is 0.368 e. The number of benzene rings is 2. The van der Waals surface area contributed by atoms with Crippen molar-refractivity contribution in [1.82, 2.24) is 9.38 Å². The van der Waals surface area contributed by atoms with Crippen LogP contribution in [-0.4, -0.2) is 47.3 Å². The van der Waals surface area contributed by atoms with E-state index in [1.165, 1.54) is 16.7 Å². The maximum Gasteiger partial charge on any atom is 0.298 e. The molecule has 2 aromatic carbocycles. The zero-order valence-electron chi connectivity index (χ0n) is 22.0. The summed E-state index contributed by atoms with van der Waals surface area (Å²) in [5, 5.41) is 2.72. The Labute approximate surface area is 231 Å². The molecule has 1 N–H and O–H groups in total. The molecule has 6 rings (SSSR count). The Kier molecular flexibility index (Phi) is 6.74. The third-order valence-corrected chi connectivity index (χ3v) is 7.21. The summed E-state index contributed by atoms with van der Waals surface area (Å²) in [6.45, 7) is 5.41. The SMILES string of the molecule is Cc1cccc(N2CCN(c3ccc(NC(=O)C(=O)c4c(-c5ccccc5)cc5ccc(F)cn45)cc3)CC2)n1. The van der Waals surface area contributed by atoms with Gasteiger partial charge in [-0.3, -0.25) is 9.59 Å². The molecule has 0 unspecified atom stereocenters. The Hall–Kier alpha value is -4.98. The number of anilines is 3. The van der Waals surface area contributed by atoms with Crippen LogP contribution in [0.2, 0.25) is 0 Å². The number of piperazine rings is 1. The number of carbonyl (C=O) groups excluding carboxylic acids is 2. The molecule has 0 aliphatic carbocycles. The van der Waals surface area contributed by atoms with Crippen LogP contribution in [0.1, 0.15) is 16.2 Å². The summed E-state index contributed by atoms with van der Waals surface area (Å²) in [5.74, 6) is -1.03. The molecule has 1 saturated heterocycles. The van der Waals surface area contributed by atoms with Gasteiger partial charge >= 0.3 is 0 Å². The average molecular weight is 534 g/mol. The van der Waals surface area contributed by atoms with Crippen LogP contribution >= 0.6 is 0 Å². The Balaban J connectivity index is 1.16. The van der Waals surface area contributed by atoms with Crippen LogP contribution in [0.15, 0.2) is 97.2 Å². The summed E-state index contributed by atoms with van der Waals surface area (Å²) in [7, 11) is 0. The van der Waals surface area contributed by atoms with Gasteiger partial charge in [-0.1, -0.05) is 36.4 Å². The van der Waals surface area contributed by atoms with E-state index >= 15 is 0 Å². The van der Waals surface area contributed by atoms with Gasteiger partial charge in [-0.2, -0.15) is 0 Å². The zero-order valence-corrected chi connectivity index (χ0v) is 22.0. The minimum atomic E-state index is -0.784. The van der Waals surface area contributed by atoms with E-state index in [0.29, 0.717) is 16.8 Å². The summed E-state index contributed by atoms with van der Waals surface area (Å²) >= 11 is 0. The monoisotopic (exact) mass is 533 g/mol. The molecule has 0 spiro atoms. The van der Waals surface area contributed by atoms with Crippen molar-refractivity contribution in [1.29, 1.82) is 0 Å². The molecule has 4 heterocycles. The quantitative estimate of drug-likeness (QED) is 0.227. The molecule has 5 aromatic rings. The molecule has 0 saturated carbocycles. The number of hydrogen-bond acceptors (Lipinski definition) is 5. The van der Waals surface area contributed by atoms with E-state index in [1.54, 1.807) is 24.3 Å². The number of aromatic nitrogens is 2. The number of pyridine rings is 2. The van der Waals surface area contributed by atoms with Gasteiger partial charge in [0.15, 0.2) is 0 Å². The lowest BCUT2D eigenvalue weighted by Crippen LogP contribution is -2.46. The highest BCUT2D eigenvalue weighted by Gasteiger charge is 2.25. The molecule has 1 aliphatic heterocycles. The fourth-order valence-electron chi connectivity index (χ4n) is 5.16. The second-order valence-corrected chi connectivity index (χ2v) is 9.86. The van der Waals surface area contributed by atoms with Crippen molar-refractivity contribution >= 4 is 34.4 Å². The molecule has 1 fully saturated rings. The summed E-state index contributed by atoms with van der Waals surface area (Å²) in [6.07, 6.45) is 1.23. The third-order valence-electron chi connectivity index (χ3n) is 7.21. The number of ketones is 1. The molecule has 0 atom stereocenters. The number of halogens is 1. The van der Waals surface area contributed by atoms with Gasteiger partial charge in [-0.05, 0) is 67.1 Å². The van der Waals surface area contributed by atoms with Crippen LogP contribution in [0.3, 0.4) is 0 Å². The summed E-state index contributed by atoms with van der Waals surface area (Å²) < 4.78 is 15.6. The van der Waals surface area contributed by atoms with Crippen molar-refractivity contribution in [3.8, 4) is 11.1 Å². The minimum Gasteiger partial charge on any atom is -0.368 e. The van der Waals surface area contributed by atoms with Crippen LogP contribution in [0, 0.1) is 12.7 Å². The van der Waals surface area contributed by atoms with Gasteiger partial charge in [-0.15, -0.1) is 0 Å². The maximum atomic E-state index is 14.1. The number of amides is 1. The van der Waals surface area contributed by atoms with E-state index in [1.807, 2.05) is 67.6 Å². The predicted octanol–water partition coefficient (Wildman–Crippen LogP) is 5.60. The van der Waals surface area contributed by atoms with Crippen LogP contribution < -0.4 is 15.1 Å². The van der Waals surface area contributed by atoms with Gasteiger partial charge in [0.25, 0.3) is 11.7 Å². The minimum absolute atomic E-state index is 0.121. The molecular weight excluding hydrogens is 505 g/mol. The topological polar surface area (TPSA) is 70.0 Å². The number of fused-ring (bicyclic) bond motifs is 1. The highest BCUT2D eigenvalue weighted by atomic mass is 19.1. The lowest BCUT2D eigenvalue weighted by molar-refractivity contribution is -0.112. The fraction of sp³-hybridized carbons (Fsp3) is 0.156. The molecule has 0 radical (unpaired) electrons. The molecule has 0 bridgehead atoms. The Morgan fingerprint density at radius 2 is 1.55 bits per heavy atom. The van der Waals surface area contributed by atoms with Crippen molar-refractivity contribution in [3.05, 3.63) is 114 Å². The summed E-state index contributed by atoms with van der Waals surface area (Å²) in [6, 6.07) is 27.5. The molecule has 8 heteroatoms. The number of aryl methyl sites for hydroxylation is 1. The van der Waals surface area contributed by atoms with E-state index in [9.17, 15) is 14.0 Å². The second kappa shape index (κ2) is 10.6. The van der Waals surface area contributed by atoms with E-state index in [2.05, 4.69) is 20.1 Å². The number of Topliss-reactive ketones (excluding diaryl/α,β-unsaturated/α-hetero) is 1. The fourth-order valence-corrected chi connectivity index (χ4v) is 5.16. The summed E-state index contributed by atoms with van der Waals surface area (Å²) in [5.41, 5.74) is 4.64. The molecule has 200 valence electrons. The number of nitrogens with one attached hydrogen (secondary N) is 1. The van der Waals surface area contributed by atoms with E-state index in [0.717, 1.165) is 48.9 Å². The predicted molar refractivity (Wildman–Crippen MR) is 156 cm³/mol. The Morgan fingerprint density at radius 3 is 2.27 bits per heavy atom. The Morgan fingerprint density at radius 1 is 0.825 bits per heavy atom. The van der Waals surface area contributed by atoms with Gasteiger partial charge in [0.1, 0.15) is 17.3 Å². The van der Waals surface area contributed by atoms with E-state index in [-0.39, 0.29) is 5.69 Å². The van der Waals surface area contributed by atoms with Crippen molar-refractivity contribution in [3.63, 3.8) is 0 Å². The third kappa shape index (κ3) is 5.03. The average Bonchev–Trinajstić information content (AvgIpc) is 3.36. The first-order chi connectivity index (χ1) is 19.5. The normalized spacial score (nSPS) is 13.4. The van der Waals surface area contributed by atoms with Gasteiger partial charge in [0.2, 0.25) is 0 Å². The smallest absolute Gasteiger partial charge is 0.298 e. The molecule has 40 heavy (non-hydrogen) atoms. The van der Waals surface area contributed by atoms with Crippen LogP contribution in [0.5, 0.6) is 0 Å². The van der Waals surface area contributed by atoms with Gasteiger partial charge in [-0.25, -0.2) is 9.37 Å². The molecule has 7 nitrogen and oxygen atoms in total. The number of carbonyl (C=O) groups is 2. The highest BCUT2D eigenvalue weighted by molar-refractivity contribution is 6.47. The van der Waals surface area contributed by atoms with E-state index in [4.69, 9.17) is 0 Å². The van der Waals surface area contributed by atoms with E-state index < -0.39 is 17.5 Å². The molecule has 3 aromatic heterocycles. The van der Waals surface area contributed by atoms with Crippen molar-refractivity contribution in [2.45, 2.75) is 6.92 Å². The highest BCUT2D eigenvalue weighted by Crippen LogP contribution is 2.29. The standard InChI is InChI=1S/C32H28FN5O2/c1-22-6-5-9-29(34-22)37-18-16-36(17-19-37)26-14-11-25(12-15-26)35-32(40)31(39)30-28(23-7-3-2-4-8-23)20-27-13-10-24(33)21-38(27)30/h2-15,20-21H,16-19H2,1H3,(H,35,40). The number of hydrogen-bond donors (Lipinski definition) is 1. The van der Waals surface area contributed by atoms with Gasteiger partial charge < -0.3 is 19.5 Å². The first kappa shape index (κ1) is 25.3. The first-order valence-corrected chi connectivity index (χ1v) is 13.2. The van der Waals surface area contributed by atoms with Crippen molar-refractivity contribution in [2.75, 3.05) is 41.3 Å². The summed E-state index contributed by atoms with van der Waals surface area (Å²) in [4.78, 5) is 35.8. The lowest BCUT2D eigenvalue weighted by Gasteiger charge is -2.36. The second-order valence-electron chi connectivity index (χ2n) is 9.86. The van der Waals surface area contributed by atoms with Crippen LogP contribution in [0.25, 0.3) is 16.6 Å². The Bertz CT molecular complexity index is 1690. The molecular formula is C32H28FN5O2. The first-order valence-electron chi connectivity index (χ1n) is 13.2.